The van der Waals surface area contributed by atoms with E-state index in [1.165, 1.54) is 0 Å². The highest BCUT2D eigenvalue weighted by atomic mass is 16.5. The maximum atomic E-state index is 12.8. The Kier molecular flexibility index (Phi) is 8.07. The molecule has 2 aromatic carbocycles. The van der Waals surface area contributed by atoms with Crippen LogP contribution in [-0.2, 0) is 16.1 Å². The van der Waals surface area contributed by atoms with Crippen molar-refractivity contribution in [3.63, 3.8) is 0 Å². The first-order valence-electron chi connectivity index (χ1n) is 9.74. The van der Waals surface area contributed by atoms with E-state index in [1.54, 1.807) is 7.11 Å². The van der Waals surface area contributed by atoms with Crippen LogP contribution in [0, 0.1) is 12.8 Å². The SMILES string of the molecule is COc1ccc(C)cc1C(C)NC(=O)[C@@H](NC(=O)OCc1ccccc1)C(C)C. The highest BCUT2D eigenvalue weighted by Gasteiger charge is 2.27. The van der Waals surface area contributed by atoms with Crippen molar-refractivity contribution < 1.29 is 19.1 Å². The lowest BCUT2D eigenvalue weighted by Crippen LogP contribution is -2.50. The smallest absolute Gasteiger partial charge is 0.408 e. The summed E-state index contributed by atoms with van der Waals surface area (Å²) in [4.78, 5) is 25.0. The molecule has 0 heterocycles. The normalized spacial score (nSPS) is 12.8. The minimum Gasteiger partial charge on any atom is -0.496 e. The maximum Gasteiger partial charge on any atom is 0.408 e. The third-order valence-corrected chi connectivity index (χ3v) is 4.65. The van der Waals surface area contributed by atoms with E-state index >= 15 is 0 Å². The molecule has 0 saturated heterocycles. The molecular formula is C23H30N2O4. The Morgan fingerprint density at radius 2 is 1.69 bits per heavy atom. The second-order valence-electron chi connectivity index (χ2n) is 7.40. The quantitative estimate of drug-likeness (QED) is 0.701. The van der Waals surface area contributed by atoms with Gasteiger partial charge in [0.1, 0.15) is 18.4 Å². The minimum atomic E-state index is -0.712. The van der Waals surface area contributed by atoms with Crippen LogP contribution in [0.3, 0.4) is 0 Å². The van der Waals surface area contributed by atoms with E-state index in [-0.39, 0.29) is 24.5 Å². The highest BCUT2D eigenvalue weighted by Crippen LogP contribution is 2.26. The van der Waals surface area contributed by atoms with Gasteiger partial charge >= 0.3 is 6.09 Å². The van der Waals surface area contributed by atoms with E-state index in [2.05, 4.69) is 10.6 Å². The molecule has 6 heteroatoms. The number of alkyl carbamates (subject to hydrolysis) is 1. The molecule has 0 aliphatic carbocycles. The van der Waals surface area contributed by atoms with Gasteiger partial charge in [-0.25, -0.2) is 4.79 Å². The summed E-state index contributed by atoms with van der Waals surface area (Å²) in [5.74, 6) is 0.332. The molecular weight excluding hydrogens is 368 g/mol. The van der Waals surface area contributed by atoms with Crippen molar-refractivity contribution in [3.8, 4) is 5.75 Å². The van der Waals surface area contributed by atoms with Gasteiger partial charge in [0.25, 0.3) is 0 Å². The van der Waals surface area contributed by atoms with Crippen LogP contribution < -0.4 is 15.4 Å². The van der Waals surface area contributed by atoms with Gasteiger partial charge in [-0.2, -0.15) is 0 Å². The second kappa shape index (κ2) is 10.5. The first-order valence-corrected chi connectivity index (χ1v) is 9.74. The summed E-state index contributed by atoms with van der Waals surface area (Å²) in [6.45, 7) is 7.77. The lowest BCUT2D eigenvalue weighted by atomic mass is 10.0. The lowest BCUT2D eigenvalue weighted by Gasteiger charge is -2.24. The number of ether oxygens (including phenoxy) is 2. The molecule has 156 valence electrons. The van der Waals surface area contributed by atoms with Crippen molar-refractivity contribution in [3.05, 3.63) is 65.2 Å². The number of carbonyl (C=O) groups is 2. The highest BCUT2D eigenvalue weighted by molar-refractivity contribution is 5.86. The molecule has 0 aromatic heterocycles. The number of carbonyl (C=O) groups excluding carboxylic acids is 2. The fourth-order valence-corrected chi connectivity index (χ4v) is 3.00. The molecule has 29 heavy (non-hydrogen) atoms. The Hall–Kier alpha value is -3.02. The van der Waals surface area contributed by atoms with E-state index in [4.69, 9.17) is 9.47 Å². The average molecular weight is 399 g/mol. The Bertz CT molecular complexity index is 821. The number of aryl methyl sites for hydroxylation is 1. The first kappa shape index (κ1) is 22.3. The van der Waals surface area contributed by atoms with Crippen LogP contribution in [0.5, 0.6) is 5.75 Å². The zero-order valence-electron chi connectivity index (χ0n) is 17.7. The standard InChI is InChI=1S/C23H30N2O4/c1-15(2)21(25-23(27)29-14-18-9-7-6-8-10-18)22(26)24-17(4)19-13-16(3)11-12-20(19)28-5/h6-13,15,17,21H,14H2,1-5H3,(H,24,26)(H,25,27)/t17?,21-/m0/s1. The number of methoxy groups -OCH3 is 1. The molecule has 2 rings (SSSR count). The molecule has 0 aliphatic heterocycles. The molecule has 2 N–H and O–H groups in total. The van der Waals surface area contributed by atoms with Gasteiger partial charge < -0.3 is 20.1 Å². The zero-order valence-corrected chi connectivity index (χ0v) is 17.7. The van der Waals surface area contributed by atoms with Crippen molar-refractivity contribution >= 4 is 12.0 Å². The number of hydrogen-bond acceptors (Lipinski definition) is 4. The van der Waals surface area contributed by atoms with Gasteiger partial charge in [0.15, 0.2) is 0 Å². The largest absolute Gasteiger partial charge is 0.496 e. The van der Waals surface area contributed by atoms with Gasteiger partial charge in [-0.15, -0.1) is 0 Å². The number of amides is 2. The fourth-order valence-electron chi connectivity index (χ4n) is 3.00. The van der Waals surface area contributed by atoms with E-state index in [0.29, 0.717) is 5.75 Å². The van der Waals surface area contributed by atoms with Crippen molar-refractivity contribution in [2.75, 3.05) is 7.11 Å². The molecule has 6 nitrogen and oxygen atoms in total. The molecule has 0 saturated carbocycles. The summed E-state index contributed by atoms with van der Waals surface area (Å²) in [6.07, 6.45) is -0.622. The molecule has 0 bridgehead atoms. The molecule has 0 aliphatic rings. The molecule has 0 fully saturated rings. The lowest BCUT2D eigenvalue weighted by molar-refractivity contribution is -0.124. The second-order valence-corrected chi connectivity index (χ2v) is 7.40. The van der Waals surface area contributed by atoms with E-state index in [9.17, 15) is 9.59 Å². The summed E-state index contributed by atoms with van der Waals surface area (Å²) in [6, 6.07) is 14.2. The van der Waals surface area contributed by atoms with E-state index in [0.717, 1.165) is 16.7 Å². The summed E-state index contributed by atoms with van der Waals surface area (Å²) in [5, 5.41) is 5.65. The summed E-state index contributed by atoms with van der Waals surface area (Å²) in [5.41, 5.74) is 2.84. The van der Waals surface area contributed by atoms with Gasteiger partial charge in [-0.05, 0) is 31.4 Å². The van der Waals surface area contributed by atoms with Gasteiger partial charge in [0, 0.05) is 5.56 Å². The topological polar surface area (TPSA) is 76.7 Å². The summed E-state index contributed by atoms with van der Waals surface area (Å²) in [7, 11) is 1.60. The maximum absolute atomic E-state index is 12.8. The van der Waals surface area contributed by atoms with Crippen LogP contribution in [0.2, 0.25) is 0 Å². The predicted molar refractivity (Wildman–Crippen MR) is 113 cm³/mol. The molecule has 2 aromatic rings. The number of rotatable bonds is 8. The summed E-state index contributed by atoms with van der Waals surface area (Å²) >= 11 is 0. The van der Waals surface area contributed by atoms with Crippen molar-refractivity contribution in [2.24, 2.45) is 5.92 Å². The van der Waals surface area contributed by atoms with Gasteiger partial charge in [0.2, 0.25) is 5.91 Å². The third-order valence-electron chi connectivity index (χ3n) is 4.65. The van der Waals surface area contributed by atoms with Gasteiger partial charge in [-0.1, -0.05) is 61.9 Å². The van der Waals surface area contributed by atoms with Crippen LogP contribution >= 0.6 is 0 Å². The molecule has 1 unspecified atom stereocenters. The predicted octanol–water partition coefficient (Wildman–Crippen LogP) is 4.13. The van der Waals surface area contributed by atoms with Crippen LogP contribution in [-0.4, -0.2) is 25.2 Å². The number of benzene rings is 2. The molecule has 2 atom stereocenters. The number of hydrogen-bond donors (Lipinski definition) is 2. The zero-order chi connectivity index (χ0) is 21.4. The monoisotopic (exact) mass is 398 g/mol. The molecule has 0 radical (unpaired) electrons. The third kappa shape index (κ3) is 6.52. The Balaban J connectivity index is 1.99. The molecule has 2 amide bonds. The van der Waals surface area contributed by atoms with E-state index < -0.39 is 12.1 Å². The van der Waals surface area contributed by atoms with Gasteiger partial charge in [-0.3, -0.25) is 4.79 Å². The summed E-state index contributed by atoms with van der Waals surface area (Å²) < 4.78 is 10.7. The van der Waals surface area contributed by atoms with Crippen molar-refractivity contribution in [2.45, 2.75) is 46.4 Å². The number of nitrogens with one attached hydrogen (secondary N) is 2. The van der Waals surface area contributed by atoms with Crippen molar-refractivity contribution in [1.29, 1.82) is 0 Å². The Labute approximate surface area is 172 Å². The van der Waals surface area contributed by atoms with Crippen LogP contribution in [0.4, 0.5) is 4.79 Å². The minimum absolute atomic E-state index is 0.106. The first-order chi connectivity index (χ1) is 13.8. The van der Waals surface area contributed by atoms with Crippen LogP contribution in [0.15, 0.2) is 48.5 Å². The average Bonchev–Trinajstić information content (AvgIpc) is 2.70. The van der Waals surface area contributed by atoms with Crippen LogP contribution in [0.1, 0.15) is 43.5 Å². The van der Waals surface area contributed by atoms with Gasteiger partial charge in [0.05, 0.1) is 13.2 Å². The molecule has 0 spiro atoms. The Morgan fingerprint density at radius 1 is 1.00 bits per heavy atom. The van der Waals surface area contributed by atoms with Crippen LogP contribution in [0.25, 0.3) is 0 Å². The Morgan fingerprint density at radius 3 is 2.31 bits per heavy atom. The van der Waals surface area contributed by atoms with Crippen molar-refractivity contribution in [1.82, 2.24) is 10.6 Å². The fraction of sp³-hybridized carbons (Fsp3) is 0.391. The van der Waals surface area contributed by atoms with E-state index in [1.807, 2.05) is 76.2 Å².